The van der Waals surface area contributed by atoms with Crippen molar-refractivity contribution in [2.45, 2.75) is 4.90 Å². The molecule has 22 heavy (non-hydrogen) atoms. The number of benzene rings is 2. The van der Waals surface area contributed by atoms with Crippen LogP contribution in [0.2, 0.25) is 5.02 Å². The number of rotatable bonds is 4. The molecule has 0 saturated carbocycles. The SMILES string of the molecule is CN(C)S(=O)(=O)c1cccc(-c2ccc(Cl)c(C(=O)O)c2)c1. The molecule has 0 aliphatic carbocycles. The monoisotopic (exact) mass is 339 g/mol. The molecule has 0 atom stereocenters. The van der Waals surface area contributed by atoms with Crippen molar-refractivity contribution >= 4 is 27.6 Å². The number of carboxylic acids is 1. The van der Waals surface area contributed by atoms with E-state index in [1.165, 1.54) is 38.4 Å². The quantitative estimate of drug-likeness (QED) is 0.929. The zero-order chi connectivity index (χ0) is 16.5. The van der Waals surface area contributed by atoms with Crippen molar-refractivity contribution in [2.24, 2.45) is 0 Å². The number of sulfonamides is 1. The van der Waals surface area contributed by atoms with Gasteiger partial charge < -0.3 is 5.11 Å². The highest BCUT2D eigenvalue weighted by Crippen LogP contribution is 2.27. The fourth-order valence-corrected chi connectivity index (χ4v) is 3.06. The van der Waals surface area contributed by atoms with Gasteiger partial charge in [-0.3, -0.25) is 0 Å². The summed E-state index contributed by atoms with van der Waals surface area (Å²) in [6.45, 7) is 0. The Morgan fingerprint density at radius 1 is 1.09 bits per heavy atom. The molecule has 0 spiro atoms. The molecule has 0 aromatic heterocycles. The van der Waals surface area contributed by atoms with Crippen LogP contribution in [-0.2, 0) is 10.0 Å². The van der Waals surface area contributed by atoms with E-state index in [-0.39, 0.29) is 15.5 Å². The maximum Gasteiger partial charge on any atom is 0.337 e. The van der Waals surface area contributed by atoms with E-state index in [1.54, 1.807) is 18.2 Å². The summed E-state index contributed by atoms with van der Waals surface area (Å²) >= 11 is 5.84. The number of hydrogen-bond acceptors (Lipinski definition) is 3. The zero-order valence-electron chi connectivity index (χ0n) is 11.9. The van der Waals surface area contributed by atoms with Gasteiger partial charge in [-0.05, 0) is 35.4 Å². The first-order chi connectivity index (χ1) is 10.2. The molecule has 5 nitrogen and oxygen atoms in total. The lowest BCUT2D eigenvalue weighted by atomic mass is 10.0. The Morgan fingerprint density at radius 3 is 2.32 bits per heavy atom. The molecule has 0 aliphatic heterocycles. The third kappa shape index (κ3) is 3.14. The van der Waals surface area contributed by atoms with E-state index in [0.717, 1.165) is 4.31 Å². The van der Waals surface area contributed by atoms with E-state index in [9.17, 15) is 13.2 Å². The Kier molecular flexibility index (Phi) is 4.55. The van der Waals surface area contributed by atoms with Crippen LogP contribution in [0.1, 0.15) is 10.4 Å². The molecule has 116 valence electrons. The molecule has 0 saturated heterocycles. The van der Waals surface area contributed by atoms with Gasteiger partial charge in [0.1, 0.15) is 0 Å². The van der Waals surface area contributed by atoms with E-state index < -0.39 is 16.0 Å². The minimum atomic E-state index is -3.55. The van der Waals surface area contributed by atoms with Crippen molar-refractivity contribution in [1.82, 2.24) is 4.31 Å². The van der Waals surface area contributed by atoms with Crippen LogP contribution >= 0.6 is 11.6 Å². The number of halogens is 1. The second-order valence-electron chi connectivity index (χ2n) is 4.82. The second-order valence-corrected chi connectivity index (χ2v) is 7.37. The molecular formula is C15H14ClNO4S. The molecule has 2 rings (SSSR count). The van der Waals surface area contributed by atoms with Gasteiger partial charge in [-0.25, -0.2) is 17.5 Å². The fourth-order valence-electron chi connectivity index (χ4n) is 1.92. The van der Waals surface area contributed by atoms with Crippen LogP contribution in [0.15, 0.2) is 47.4 Å². The smallest absolute Gasteiger partial charge is 0.337 e. The van der Waals surface area contributed by atoms with Gasteiger partial charge in [0.25, 0.3) is 0 Å². The topological polar surface area (TPSA) is 74.7 Å². The van der Waals surface area contributed by atoms with Crippen LogP contribution < -0.4 is 0 Å². The van der Waals surface area contributed by atoms with Gasteiger partial charge in [-0.1, -0.05) is 29.8 Å². The third-order valence-electron chi connectivity index (χ3n) is 3.14. The highest BCUT2D eigenvalue weighted by atomic mass is 35.5. The molecule has 0 unspecified atom stereocenters. The molecule has 0 fully saturated rings. The highest BCUT2D eigenvalue weighted by molar-refractivity contribution is 7.89. The molecule has 7 heteroatoms. The number of carboxylic acid groups (broad SMARTS) is 1. The average Bonchev–Trinajstić information content (AvgIpc) is 2.47. The molecule has 0 heterocycles. The van der Waals surface area contributed by atoms with Gasteiger partial charge in [-0.2, -0.15) is 0 Å². The predicted molar refractivity (Wildman–Crippen MR) is 84.7 cm³/mol. The van der Waals surface area contributed by atoms with E-state index in [2.05, 4.69) is 0 Å². The Morgan fingerprint density at radius 2 is 1.73 bits per heavy atom. The van der Waals surface area contributed by atoms with Crippen molar-refractivity contribution < 1.29 is 18.3 Å². The Balaban J connectivity index is 2.56. The molecule has 0 aliphatic rings. The standard InChI is InChI=1S/C15H14ClNO4S/c1-17(2)22(20,21)12-5-3-4-10(8-12)11-6-7-14(16)13(9-11)15(18)19/h3-9H,1-2H3,(H,18,19). The minimum absolute atomic E-state index is 0.0277. The third-order valence-corrected chi connectivity index (χ3v) is 5.28. The summed E-state index contributed by atoms with van der Waals surface area (Å²) in [5, 5.41) is 9.24. The van der Waals surface area contributed by atoms with Crippen molar-refractivity contribution in [1.29, 1.82) is 0 Å². The highest BCUT2D eigenvalue weighted by Gasteiger charge is 2.18. The zero-order valence-corrected chi connectivity index (χ0v) is 13.5. The van der Waals surface area contributed by atoms with Crippen molar-refractivity contribution in [3.63, 3.8) is 0 Å². The van der Waals surface area contributed by atoms with Gasteiger partial charge in [0, 0.05) is 14.1 Å². The fraction of sp³-hybridized carbons (Fsp3) is 0.133. The van der Waals surface area contributed by atoms with Crippen molar-refractivity contribution in [3.8, 4) is 11.1 Å². The van der Waals surface area contributed by atoms with Crippen molar-refractivity contribution in [3.05, 3.63) is 53.1 Å². The van der Waals surface area contributed by atoms with Gasteiger partial charge >= 0.3 is 5.97 Å². The van der Waals surface area contributed by atoms with Crippen molar-refractivity contribution in [2.75, 3.05) is 14.1 Å². The van der Waals surface area contributed by atoms with Crippen LogP contribution in [0.4, 0.5) is 0 Å². The normalized spacial score (nSPS) is 11.6. The second kappa shape index (κ2) is 6.08. The number of nitrogens with zero attached hydrogens (tertiary/aromatic N) is 1. The molecule has 0 amide bonds. The van der Waals surface area contributed by atoms with Crippen LogP contribution in [-0.4, -0.2) is 37.9 Å². The lowest BCUT2D eigenvalue weighted by Gasteiger charge is -2.12. The minimum Gasteiger partial charge on any atom is -0.478 e. The van der Waals surface area contributed by atoms with Gasteiger partial charge in [-0.15, -0.1) is 0 Å². The average molecular weight is 340 g/mol. The maximum absolute atomic E-state index is 12.2. The Hall–Kier alpha value is -1.89. The van der Waals surface area contributed by atoms with Gasteiger partial charge in [0.15, 0.2) is 0 Å². The summed E-state index contributed by atoms with van der Waals surface area (Å²) in [5.41, 5.74) is 1.15. The lowest BCUT2D eigenvalue weighted by Crippen LogP contribution is -2.22. The summed E-state index contributed by atoms with van der Waals surface area (Å²) < 4.78 is 25.4. The Bertz CT molecular complexity index is 831. The number of aromatic carboxylic acids is 1. The summed E-state index contributed by atoms with van der Waals surface area (Å²) in [4.78, 5) is 11.3. The maximum atomic E-state index is 12.2. The van der Waals surface area contributed by atoms with E-state index in [0.29, 0.717) is 11.1 Å². The van der Waals surface area contributed by atoms with Crippen LogP contribution in [0.25, 0.3) is 11.1 Å². The first-order valence-electron chi connectivity index (χ1n) is 6.29. The van der Waals surface area contributed by atoms with Crippen LogP contribution in [0, 0.1) is 0 Å². The van der Waals surface area contributed by atoms with Gasteiger partial charge in [0.2, 0.25) is 10.0 Å². The first kappa shape index (κ1) is 16.5. The van der Waals surface area contributed by atoms with Crippen LogP contribution in [0.5, 0.6) is 0 Å². The lowest BCUT2D eigenvalue weighted by molar-refractivity contribution is 0.0697. The molecule has 2 aromatic rings. The Labute approximate surface area is 133 Å². The summed E-state index contributed by atoms with van der Waals surface area (Å²) in [6.07, 6.45) is 0. The molecule has 0 radical (unpaired) electrons. The summed E-state index contributed by atoms with van der Waals surface area (Å²) in [5.74, 6) is -1.14. The molecular weight excluding hydrogens is 326 g/mol. The van der Waals surface area contributed by atoms with E-state index in [1.807, 2.05) is 0 Å². The first-order valence-corrected chi connectivity index (χ1v) is 8.11. The number of carbonyl (C=O) groups is 1. The van der Waals surface area contributed by atoms with E-state index in [4.69, 9.17) is 16.7 Å². The largest absolute Gasteiger partial charge is 0.478 e. The predicted octanol–water partition coefficient (Wildman–Crippen LogP) is 2.96. The summed E-state index contributed by atoms with van der Waals surface area (Å²) in [7, 11) is -0.649. The van der Waals surface area contributed by atoms with E-state index >= 15 is 0 Å². The number of hydrogen-bond donors (Lipinski definition) is 1. The summed E-state index contributed by atoms with van der Waals surface area (Å²) in [6, 6.07) is 10.9. The molecule has 0 bridgehead atoms. The molecule has 2 aromatic carbocycles. The van der Waals surface area contributed by atoms with Gasteiger partial charge in [0.05, 0.1) is 15.5 Å². The van der Waals surface area contributed by atoms with Crippen LogP contribution in [0.3, 0.4) is 0 Å². The molecule has 1 N–H and O–H groups in total.